The van der Waals surface area contributed by atoms with Gasteiger partial charge in [-0.25, -0.2) is 4.39 Å². The molecule has 0 saturated carbocycles. The molecule has 5 heteroatoms. The van der Waals surface area contributed by atoms with E-state index < -0.39 is 0 Å². The summed E-state index contributed by atoms with van der Waals surface area (Å²) in [5.74, 6) is 0.720. The Morgan fingerprint density at radius 2 is 2.11 bits per heavy atom. The van der Waals surface area contributed by atoms with Crippen LogP contribution in [-0.2, 0) is 4.79 Å². The van der Waals surface area contributed by atoms with Gasteiger partial charge in [0.25, 0.3) is 0 Å². The maximum absolute atomic E-state index is 12.7. The van der Waals surface area contributed by atoms with Crippen LogP contribution in [0, 0.1) is 11.7 Å². The standard InChI is InChI=1S/C13H17FN2O2/c14-11-1-3-12(4-2-11)18-6-5-16-9-10(8-15)7-13(16)17/h1-4,10H,5-9,15H2. The highest BCUT2D eigenvalue weighted by atomic mass is 19.1. The lowest BCUT2D eigenvalue weighted by atomic mass is 10.1. The van der Waals surface area contributed by atoms with Crippen LogP contribution in [0.3, 0.4) is 0 Å². The van der Waals surface area contributed by atoms with Gasteiger partial charge in [-0.3, -0.25) is 4.79 Å². The molecule has 1 saturated heterocycles. The van der Waals surface area contributed by atoms with Crippen molar-refractivity contribution in [2.45, 2.75) is 6.42 Å². The van der Waals surface area contributed by atoms with Crippen LogP contribution < -0.4 is 10.5 Å². The molecular formula is C13H17FN2O2. The van der Waals surface area contributed by atoms with Crippen molar-refractivity contribution >= 4 is 5.91 Å². The molecule has 1 aromatic rings. The first-order valence-corrected chi connectivity index (χ1v) is 6.05. The number of likely N-dealkylation sites (tertiary alicyclic amines) is 1. The summed E-state index contributed by atoms with van der Waals surface area (Å²) in [6, 6.07) is 5.84. The average Bonchev–Trinajstić information content (AvgIpc) is 2.73. The first-order valence-electron chi connectivity index (χ1n) is 6.05. The molecule has 2 N–H and O–H groups in total. The van der Waals surface area contributed by atoms with Crippen molar-refractivity contribution < 1.29 is 13.9 Å². The van der Waals surface area contributed by atoms with Crippen molar-refractivity contribution in [3.8, 4) is 5.75 Å². The van der Waals surface area contributed by atoms with Crippen LogP contribution in [0.4, 0.5) is 4.39 Å². The summed E-state index contributed by atoms with van der Waals surface area (Å²) in [7, 11) is 0. The SMILES string of the molecule is NCC1CC(=O)N(CCOc2ccc(F)cc2)C1. The monoisotopic (exact) mass is 252 g/mol. The van der Waals surface area contributed by atoms with E-state index in [1.165, 1.54) is 12.1 Å². The second-order valence-electron chi connectivity index (χ2n) is 4.45. The molecule has 1 aliphatic heterocycles. The highest BCUT2D eigenvalue weighted by Gasteiger charge is 2.27. The zero-order chi connectivity index (χ0) is 13.0. The molecule has 1 amide bonds. The number of amides is 1. The Bertz CT molecular complexity index is 408. The number of carbonyl (C=O) groups is 1. The topological polar surface area (TPSA) is 55.6 Å². The van der Waals surface area contributed by atoms with Gasteiger partial charge in [-0.15, -0.1) is 0 Å². The Balaban J connectivity index is 1.75. The Morgan fingerprint density at radius 1 is 1.39 bits per heavy atom. The van der Waals surface area contributed by atoms with E-state index in [1.807, 2.05) is 0 Å². The third-order valence-electron chi connectivity index (χ3n) is 3.07. The molecular weight excluding hydrogens is 235 g/mol. The Morgan fingerprint density at radius 3 is 2.72 bits per heavy atom. The molecule has 2 rings (SSSR count). The zero-order valence-electron chi connectivity index (χ0n) is 10.1. The summed E-state index contributed by atoms with van der Waals surface area (Å²) in [6.45, 7) is 2.21. The molecule has 0 aliphatic carbocycles. The number of hydrogen-bond acceptors (Lipinski definition) is 3. The van der Waals surface area contributed by atoms with Crippen molar-refractivity contribution in [3.63, 3.8) is 0 Å². The summed E-state index contributed by atoms with van der Waals surface area (Å²) in [5, 5.41) is 0. The predicted octanol–water partition coefficient (Wildman–Crippen LogP) is 1.01. The quantitative estimate of drug-likeness (QED) is 0.851. The van der Waals surface area contributed by atoms with Crippen LogP contribution in [0.2, 0.25) is 0 Å². The smallest absolute Gasteiger partial charge is 0.223 e. The van der Waals surface area contributed by atoms with E-state index in [0.29, 0.717) is 38.4 Å². The van der Waals surface area contributed by atoms with Crippen molar-refractivity contribution in [2.75, 3.05) is 26.2 Å². The molecule has 1 atom stereocenters. The van der Waals surface area contributed by atoms with Gasteiger partial charge in [0.2, 0.25) is 5.91 Å². The molecule has 1 aromatic carbocycles. The molecule has 1 fully saturated rings. The van der Waals surface area contributed by atoms with Crippen LogP contribution in [0.5, 0.6) is 5.75 Å². The lowest BCUT2D eigenvalue weighted by Gasteiger charge is -2.16. The van der Waals surface area contributed by atoms with E-state index in [1.54, 1.807) is 17.0 Å². The van der Waals surface area contributed by atoms with Crippen LogP contribution in [-0.4, -0.2) is 37.0 Å². The van der Waals surface area contributed by atoms with Gasteiger partial charge < -0.3 is 15.4 Å². The van der Waals surface area contributed by atoms with Gasteiger partial charge in [-0.05, 0) is 36.7 Å². The first-order chi connectivity index (χ1) is 8.69. The number of hydrogen-bond donors (Lipinski definition) is 1. The number of ether oxygens (including phenoxy) is 1. The van der Waals surface area contributed by atoms with E-state index in [2.05, 4.69) is 0 Å². The summed E-state index contributed by atoms with van der Waals surface area (Å²) in [6.07, 6.45) is 0.535. The normalized spacial score (nSPS) is 19.3. The van der Waals surface area contributed by atoms with Crippen molar-refractivity contribution in [1.82, 2.24) is 4.90 Å². The minimum Gasteiger partial charge on any atom is -0.492 e. The molecule has 1 unspecified atom stereocenters. The average molecular weight is 252 g/mol. The fourth-order valence-corrected chi connectivity index (χ4v) is 2.03. The summed E-state index contributed by atoms with van der Waals surface area (Å²) >= 11 is 0. The third kappa shape index (κ3) is 3.20. The lowest BCUT2D eigenvalue weighted by Crippen LogP contribution is -2.30. The third-order valence-corrected chi connectivity index (χ3v) is 3.07. The number of benzene rings is 1. The van der Waals surface area contributed by atoms with Gasteiger partial charge in [-0.1, -0.05) is 0 Å². The lowest BCUT2D eigenvalue weighted by molar-refractivity contribution is -0.128. The summed E-state index contributed by atoms with van der Waals surface area (Å²) < 4.78 is 18.1. The minimum absolute atomic E-state index is 0.133. The summed E-state index contributed by atoms with van der Waals surface area (Å²) in [4.78, 5) is 13.4. The maximum Gasteiger partial charge on any atom is 0.223 e. The molecule has 0 aromatic heterocycles. The number of nitrogens with two attached hydrogens (primary N) is 1. The Kier molecular flexibility index (Phi) is 4.15. The van der Waals surface area contributed by atoms with Gasteiger partial charge in [0.1, 0.15) is 18.2 Å². The highest BCUT2D eigenvalue weighted by molar-refractivity contribution is 5.78. The predicted molar refractivity (Wildman–Crippen MR) is 65.6 cm³/mol. The van der Waals surface area contributed by atoms with Gasteiger partial charge >= 0.3 is 0 Å². The fraction of sp³-hybridized carbons (Fsp3) is 0.462. The van der Waals surface area contributed by atoms with Crippen molar-refractivity contribution in [2.24, 2.45) is 11.7 Å². The highest BCUT2D eigenvalue weighted by Crippen LogP contribution is 2.16. The molecule has 4 nitrogen and oxygen atoms in total. The molecule has 98 valence electrons. The first kappa shape index (κ1) is 12.8. The van der Waals surface area contributed by atoms with Crippen LogP contribution in [0.15, 0.2) is 24.3 Å². The number of nitrogens with zero attached hydrogens (tertiary/aromatic N) is 1. The van der Waals surface area contributed by atoms with Crippen molar-refractivity contribution in [3.05, 3.63) is 30.1 Å². The second-order valence-corrected chi connectivity index (χ2v) is 4.45. The van der Waals surface area contributed by atoms with E-state index in [0.717, 1.165) is 0 Å². The van der Waals surface area contributed by atoms with Crippen molar-refractivity contribution in [1.29, 1.82) is 0 Å². The molecule has 0 radical (unpaired) electrons. The van der Waals surface area contributed by atoms with E-state index in [4.69, 9.17) is 10.5 Å². The Labute approximate surface area is 106 Å². The number of rotatable bonds is 5. The minimum atomic E-state index is -0.289. The number of halogens is 1. The molecule has 1 aliphatic rings. The largest absolute Gasteiger partial charge is 0.492 e. The van der Waals surface area contributed by atoms with Crippen LogP contribution in [0.25, 0.3) is 0 Å². The molecule has 18 heavy (non-hydrogen) atoms. The van der Waals surface area contributed by atoms with Crippen LogP contribution >= 0.6 is 0 Å². The molecule has 0 bridgehead atoms. The van der Waals surface area contributed by atoms with E-state index in [9.17, 15) is 9.18 Å². The Hall–Kier alpha value is -1.62. The zero-order valence-corrected chi connectivity index (χ0v) is 10.1. The van der Waals surface area contributed by atoms with Gasteiger partial charge in [0.15, 0.2) is 0 Å². The van der Waals surface area contributed by atoms with Gasteiger partial charge in [0.05, 0.1) is 6.54 Å². The molecule has 1 heterocycles. The van der Waals surface area contributed by atoms with E-state index >= 15 is 0 Å². The van der Waals surface area contributed by atoms with Gasteiger partial charge in [0, 0.05) is 13.0 Å². The second kappa shape index (κ2) is 5.82. The van der Waals surface area contributed by atoms with E-state index in [-0.39, 0.29) is 17.6 Å². The molecule has 0 spiro atoms. The van der Waals surface area contributed by atoms with Gasteiger partial charge in [-0.2, -0.15) is 0 Å². The van der Waals surface area contributed by atoms with Crippen LogP contribution in [0.1, 0.15) is 6.42 Å². The maximum atomic E-state index is 12.7. The number of carbonyl (C=O) groups excluding carboxylic acids is 1. The summed E-state index contributed by atoms with van der Waals surface area (Å²) in [5.41, 5.74) is 5.55. The fourth-order valence-electron chi connectivity index (χ4n) is 2.03.